The van der Waals surface area contributed by atoms with E-state index in [0.717, 1.165) is 56.8 Å². The molecule has 37 heavy (non-hydrogen) atoms. The molecule has 2 unspecified atom stereocenters. The minimum Gasteiger partial charge on any atom is -0.490 e. The van der Waals surface area contributed by atoms with Crippen molar-refractivity contribution in [2.45, 2.75) is 102 Å². The standard InChI is InChI=1S/C30H38F3NO3/c1-19-6-11-25(12-7-19)37-27-13-10-21-8-9-22(14-26(21)28(27)30(31,32)33)20(2)34-23-4-3-5-24(34)16-29(15-23,17-35)18-36/h8-10,13-14,17,19-20,23-25,36H,3-7,11-12,15-16,18H2,1-2H3/t19?,20-,23?,24?,25?,29?/m0/s1. The van der Waals surface area contributed by atoms with Crippen molar-refractivity contribution in [1.82, 2.24) is 4.90 Å². The smallest absolute Gasteiger partial charge is 0.420 e. The first-order valence-electron chi connectivity index (χ1n) is 13.8. The van der Waals surface area contributed by atoms with Crippen LogP contribution in [0.4, 0.5) is 13.2 Å². The molecule has 0 radical (unpaired) electrons. The maximum Gasteiger partial charge on any atom is 0.420 e. The number of aliphatic hydroxyl groups excluding tert-OH is 1. The minimum absolute atomic E-state index is 0.0714. The average molecular weight is 518 g/mol. The Bertz CT molecular complexity index is 1110. The highest BCUT2D eigenvalue weighted by atomic mass is 19.4. The predicted molar refractivity (Wildman–Crippen MR) is 137 cm³/mol. The monoisotopic (exact) mass is 517 g/mol. The molecular weight excluding hydrogens is 479 g/mol. The van der Waals surface area contributed by atoms with Gasteiger partial charge in [-0.3, -0.25) is 4.90 Å². The number of alkyl halides is 3. The number of hydrogen-bond donors (Lipinski definition) is 1. The molecule has 3 atom stereocenters. The number of rotatable bonds is 6. The van der Waals surface area contributed by atoms with E-state index in [1.165, 1.54) is 6.07 Å². The fourth-order valence-corrected chi connectivity index (χ4v) is 7.18. The summed E-state index contributed by atoms with van der Waals surface area (Å²) < 4.78 is 49.5. The number of halogens is 3. The summed E-state index contributed by atoms with van der Waals surface area (Å²) in [4.78, 5) is 14.3. The highest BCUT2D eigenvalue weighted by Gasteiger charge is 2.48. The van der Waals surface area contributed by atoms with E-state index in [4.69, 9.17) is 4.74 Å². The molecule has 202 valence electrons. The van der Waals surface area contributed by atoms with Gasteiger partial charge in [-0.1, -0.05) is 31.5 Å². The number of nitrogens with zero attached hydrogens (tertiary/aromatic N) is 1. The van der Waals surface area contributed by atoms with Gasteiger partial charge in [-0.2, -0.15) is 13.2 Å². The quantitative estimate of drug-likeness (QED) is 0.416. The lowest BCUT2D eigenvalue weighted by Gasteiger charge is -2.54. The van der Waals surface area contributed by atoms with Crippen LogP contribution in [0.3, 0.4) is 0 Å². The van der Waals surface area contributed by atoms with Crippen LogP contribution in [0.5, 0.6) is 5.75 Å². The number of hydrogen-bond acceptors (Lipinski definition) is 4. The van der Waals surface area contributed by atoms with Crippen molar-refractivity contribution in [2.75, 3.05) is 6.61 Å². The molecule has 2 bridgehead atoms. The third-order valence-electron chi connectivity index (χ3n) is 9.24. The summed E-state index contributed by atoms with van der Waals surface area (Å²) in [6, 6.07) is 8.77. The number of fused-ring (bicyclic) bond motifs is 3. The topological polar surface area (TPSA) is 49.8 Å². The molecule has 4 nitrogen and oxygen atoms in total. The SMILES string of the molecule is CC1CCC(Oc2ccc3ccc([C@H](C)N4C5CCCC4CC(C=O)(CO)C5)cc3c2C(F)(F)F)CC1. The first-order chi connectivity index (χ1) is 17.6. The Balaban J connectivity index is 1.49. The first-order valence-corrected chi connectivity index (χ1v) is 13.8. The van der Waals surface area contributed by atoms with Gasteiger partial charge in [0, 0.05) is 18.1 Å². The van der Waals surface area contributed by atoms with Gasteiger partial charge in [0.15, 0.2) is 0 Å². The van der Waals surface area contributed by atoms with Crippen molar-refractivity contribution >= 4 is 17.1 Å². The molecule has 3 aliphatic rings. The average Bonchev–Trinajstić information content (AvgIpc) is 2.87. The number of aliphatic hydroxyl groups is 1. The molecule has 2 aromatic carbocycles. The normalized spacial score (nSPS) is 31.7. The molecule has 0 amide bonds. The van der Waals surface area contributed by atoms with Crippen LogP contribution >= 0.6 is 0 Å². The molecule has 2 aromatic rings. The maximum absolute atomic E-state index is 14.5. The molecule has 5 rings (SSSR count). The number of ether oxygens (including phenoxy) is 1. The Morgan fingerprint density at radius 1 is 1.08 bits per heavy atom. The molecule has 0 spiro atoms. The van der Waals surface area contributed by atoms with E-state index in [2.05, 4.69) is 18.7 Å². The molecule has 1 aliphatic carbocycles. The largest absolute Gasteiger partial charge is 0.490 e. The second-order valence-electron chi connectivity index (χ2n) is 11.8. The van der Waals surface area contributed by atoms with Gasteiger partial charge in [0.2, 0.25) is 0 Å². The third kappa shape index (κ3) is 5.14. The second kappa shape index (κ2) is 10.2. The number of aldehydes is 1. The molecule has 7 heteroatoms. The first kappa shape index (κ1) is 26.5. The molecule has 0 aromatic heterocycles. The van der Waals surface area contributed by atoms with Crippen molar-refractivity contribution in [3.05, 3.63) is 41.5 Å². The van der Waals surface area contributed by atoms with Crippen LogP contribution < -0.4 is 4.74 Å². The van der Waals surface area contributed by atoms with Gasteiger partial charge < -0.3 is 14.6 Å². The van der Waals surface area contributed by atoms with Gasteiger partial charge in [-0.25, -0.2) is 0 Å². The molecule has 3 fully saturated rings. The van der Waals surface area contributed by atoms with E-state index in [9.17, 15) is 23.1 Å². The van der Waals surface area contributed by atoms with Crippen LogP contribution in [-0.2, 0) is 11.0 Å². The molecule has 1 N–H and O–H groups in total. The summed E-state index contributed by atoms with van der Waals surface area (Å²) >= 11 is 0. The zero-order valence-corrected chi connectivity index (χ0v) is 21.8. The van der Waals surface area contributed by atoms with Crippen molar-refractivity contribution < 1.29 is 27.8 Å². The van der Waals surface area contributed by atoms with Crippen LogP contribution in [-0.4, -0.2) is 41.1 Å². The summed E-state index contributed by atoms with van der Waals surface area (Å²) in [5, 5.41) is 10.7. The fourth-order valence-electron chi connectivity index (χ4n) is 7.18. The molecule has 2 aliphatic heterocycles. The van der Waals surface area contributed by atoms with Crippen molar-refractivity contribution in [1.29, 1.82) is 0 Å². The Kier molecular flexibility index (Phi) is 7.31. The summed E-state index contributed by atoms with van der Waals surface area (Å²) in [5.41, 5.74) is -0.556. The van der Waals surface area contributed by atoms with Crippen LogP contribution in [0.25, 0.3) is 10.8 Å². The highest BCUT2D eigenvalue weighted by Crippen LogP contribution is 2.48. The second-order valence-corrected chi connectivity index (χ2v) is 11.8. The summed E-state index contributed by atoms with van der Waals surface area (Å²) in [5.74, 6) is 0.517. The van der Waals surface area contributed by atoms with E-state index in [1.54, 1.807) is 18.2 Å². The fraction of sp³-hybridized carbons (Fsp3) is 0.633. The van der Waals surface area contributed by atoms with Crippen LogP contribution in [0, 0.1) is 11.3 Å². The predicted octanol–water partition coefficient (Wildman–Crippen LogP) is 7.07. The molecule has 2 saturated heterocycles. The van der Waals surface area contributed by atoms with Crippen molar-refractivity contribution in [3.63, 3.8) is 0 Å². The maximum atomic E-state index is 14.5. The minimum atomic E-state index is -4.54. The third-order valence-corrected chi connectivity index (χ3v) is 9.24. The Morgan fingerprint density at radius 3 is 2.32 bits per heavy atom. The van der Waals surface area contributed by atoms with Gasteiger partial charge >= 0.3 is 6.18 Å². The number of piperidine rings is 2. The lowest BCUT2D eigenvalue weighted by Crippen LogP contribution is -2.57. The number of carbonyl (C=O) groups excluding carboxylic acids is 1. The van der Waals surface area contributed by atoms with Gasteiger partial charge in [-0.05, 0) is 92.7 Å². The highest BCUT2D eigenvalue weighted by molar-refractivity contribution is 5.89. The summed E-state index contributed by atoms with van der Waals surface area (Å²) in [7, 11) is 0. The number of carbonyl (C=O) groups is 1. The van der Waals surface area contributed by atoms with Crippen LogP contribution in [0.15, 0.2) is 30.3 Å². The van der Waals surface area contributed by atoms with Gasteiger partial charge in [-0.15, -0.1) is 0 Å². The van der Waals surface area contributed by atoms with Gasteiger partial charge in [0.25, 0.3) is 0 Å². The molecular formula is C30H38F3NO3. The zero-order chi connectivity index (χ0) is 26.4. The Hall–Kier alpha value is -2.12. The summed E-state index contributed by atoms with van der Waals surface area (Å²) in [6.07, 6.45) is 3.80. The van der Waals surface area contributed by atoms with E-state index in [1.807, 2.05) is 6.07 Å². The lowest BCUT2D eigenvalue weighted by atomic mass is 9.68. The Labute approximate surface area is 217 Å². The van der Waals surface area contributed by atoms with Crippen LogP contribution in [0.1, 0.15) is 88.8 Å². The van der Waals surface area contributed by atoms with Crippen molar-refractivity contribution in [3.8, 4) is 5.75 Å². The van der Waals surface area contributed by atoms with Crippen LogP contribution in [0.2, 0.25) is 0 Å². The van der Waals surface area contributed by atoms with Crippen molar-refractivity contribution in [2.24, 2.45) is 11.3 Å². The van der Waals surface area contributed by atoms with E-state index >= 15 is 0 Å². The summed E-state index contributed by atoms with van der Waals surface area (Å²) in [6.45, 7) is 4.07. The van der Waals surface area contributed by atoms with E-state index in [-0.39, 0.29) is 42.0 Å². The molecule has 1 saturated carbocycles. The number of benzene rings is 2. The lowest BCUT2D eigenvalue weighted by molar-refractivity contribution is -0.138. The van der Waals surface area contributed by atoms with Gasteiger partial charge in [0.05, 0.1) is 18.1 Å². The van der Waals surface area contributed by atoms with Gasteiger partial charge in [0.1, 0.15) is 17.6 Å². The van der Waals surface area contributed by atoms with E-state index < -0.39 is 17.2 Å². The zero-order valence-electron chi connectivity index (χ0n) is 21.8. The Morgan fingerprint density at radius 2 is 1.73 bits per heavy atom. The van der Waals surface area contributed by atoms with E-state index in [0.29, 0.717) is 24.1 Å². The molecule has 2 heterocycles.